The molecular formula is C23H40FNO8S. The number of ketones is 1. The van der Waals surface area contributed by atoms with E-state index in [0.29, 0.717) is 37.9 Å². The van der Waals surface area contributed by atoms with Crippen LogP contribution in [0.15, 0.2) is 29.2 Å². The molecular weight excluding hydrogens is 469 g/mol. The van der Waals surface area contributed by atoms with Crippen LogP contribution in [0.1, 0.15) is 64.9 Å². The summed E-state index contributed by atoms with van der Waals surface area (Å²) in [6, 6.07) is 6.27. The van der Waals surface area contributed by atoms with Crippen molar-refractivity contribution in [2.45, 2.75) is 71.1 Å². The largest absolute Gasteiger partial charge is 0.465 e. The summed E-state index contributed by atoms with van der Waals surface area (Å²) in [6.45, 7) is 3.82. The Morgan fingerprint density at radius 2 is 1.68 bits per heavy atom. The standard InChI is InChI=1S/C15H27NO5.C7H8O3S.CH4.FH/c1-12(17)7-6-8-13(15(16)19)11-21-14(18)9-4-3-5-10-20-2;1-6-4-2-3-5-7(6)11(8,9)10;;/h13H,3-11H2,1-2H3,(H2,16,19);2-5H,1H3,(H,8,9,10);1H4;1H. The van der Waals surface area contributed by atoms with Crippen molar-refractivity contribution in [3.63, 3.8) is 0 Å². The SMILES string of the molecule is C.COCCCCCC(=O)OCC(CCCC(C)=O)C(N)=O.Cc1ccccc1S(=O)(=O)O.F. The molecule has 1 rings (SSSR count). The van der Waals surface area contributed by atoms with Crippen LogP contribution in [0.25, 0.3) is 0 Å². The minimum Gasteiger partial charge on any atom is -0.465 e. The van der Waals surface area contributed by atoms with Crippen LogP contribution in [0, 0.1) is 12.8 Å². The highest BCUT2D eigenvalue weighted by molar-refractivity contribution is 7.85. The van der Waals surface area contributed by atoms with Gasteiger partial charge in [-0.05, 0) is 51.2 Å². The number of hydrogen-bond donors (Lipinski definition) is 2. The summed E-state index contributed by atoms with van der Waals surface area (Å²) in [5.41, 5.74) is 5.82. The van der Waals surface area contributed by atoms with Crippen LogP contribution in [-0.4, -0.2) is 51.0 Å². The van der Waals surface area contributed by atoms with Gasteiger partial charge in [0.05, 0.1) is 10.8 Å². The number of methoxy groups -OCH3 is 1. The van der Waals surface area contributed by atoms with Gasteiger partial charge in [0.1, 0.15) is 12.4 Å². The number of primary amides is 1. The zero-order chi connectivity index (χ0) is 24.6. The number of Topliss-reactive ketones (excluding diaryl/α,β-unsaturated/α-hetero) is 1. The van der Waals surface area contributed by atoms with E-state index >= 15 is 0 Å². The molecule has 0 spiro atoms. The minimum absolute atomic E-state index is 0. The predicted octanol–water partition coefficient (Wildman–Crippen LogP) is 3.63. The fraction of sp³-hybridized carbons (Fsp3) is 0.609. The number of ether oxygens (including phenoxy) is 2. The Morgan fingerprint density at radius 3 is 2.15 bits per heavy atom. The monoisotopic (exact) mass is 509 g/mol. The molecule has 0 bridgehead atoms. The van der Waals surface area contributed by atoms with Gasteiger partial charge in [-0.1, -0.05) is 32.0 Å². The van der Waals surface area contributed by atoms with Crippen molar-refractivity contribution in [1.29, 1.82) is 0 Å². The summed E-state index contributed by atoms with van der Waals surface area (Å²) < 4.78 is 39.9. The van der Waals surface area contributed by atoms with E-state index in [1.807, 2.05) is 0 Å². The van der Waals surface area contributed by atoms with Gasteiger partial charge in [-0.15, -0.1) is 0 Å². The number of hydrogen-bond acceptors (Lipinski definition) is 7. The zero-order valence-electron chi connectivity index (χ0n) is 19.4. The van der Waals surface area contributed by atoms with Crippen LogP contribution in [0.3, 0.4) is 0 Å². The third-order valence-corrected chi connectivity index (χ3v) is 5.54. The first-order chi connectivity index (χ1) is 15.0. The average Bonchev–Trinajstić information content (AvgIpc) is 2.69. The number of nitrogens with two attached hydrogens (primary N) is 1. The molecule has 11 heteroatoms. The number of aryl methyl sites for hydroxylation is 1. The molecule has 0 heterocycles. The van der Waals surface area contributed by atoms with Crippen LogP contribution < -0.4 is 5.73 Å². The van der Waals surface area contributed by atoms with E-state index in [0.717, 1.165) is 19.3 Å². The molecule has 1 aromatic rings. The van der Waals surface area contributed by atoms with Gasteiger partial charge in [-0.25, -0.2) is 0 Å². The van der Waals surface area contributed by atoms with E-state index in [9.17, 15) is 22.8 Å². The number of rotatable bonds is 14. The third-order valence-electron chi connectivity index (χ3n) is 4.53. The second kappa shape index (κ2) is 20.0. The minimum atomic E-state index is -4.03. The fourth-order valence-electron chi connectivity index (χ4n) is 2.71. The molecule has 1 atom stereocenters. The lowest BCUT2D eigenvalue weighted by Gasteiger charge is -2.13. The lowest BCUT2D eigenvalue weighted by atomic mass is 10.0. The van der Waals surface area contributed by atoms with Crippen LogP contribution in [0.4, 0.5) is 4.70 Å². The quantitative estimate of drug-likeness (QED) is 0.219. The molecule has 9 nitrogen and oxygen atoms in total. The average molecular weight is 510 g/mol. The van der Waals surface area contributed by atoms with Gasteiger partial charge in [0.25, 0.3) is 10.1 Å². The molecule has 0 fully saturated rings. The Balaban J connectivity index is -0.000000625. The van der Waals surface area contributed by atoms with Crippen LogP contribution in [0.5, 0.6) is 0 Å². The van der Waals surface area contributed by atoms with E-state index < -0.39 is 21.9 Å². The summed E-state index contributed by atoms with van der Waals surface area (Å²) in [5.74, 6) is -1.25. The summed E-state index contributed by atoms with van der Waals surface area (Å²) in [4.78, 5) is 33.6. The van der Waals surface area contributed by atoms with Crippen molar-refractivity contribution in [2.24, 2.45) is 11.7 Å². The van der Waals surface area contributed by atoms with Crippen LogP contribution in [0.2, 0.25) is 0 Å². The number of esters is 1. The van der Waals surface area contributed by atoms with Gasteiger partial charge in [-0.2, -0.15) is 8.42 Å². The zero-order valence-corrected chi connectivity index (χ0v) is 20.3. The molecule has 0 aromatic heterocycles. The topological polar surface area (TPSA) is 150 Å². The smallest absolute Gasteiger partial charge is 0.305 e. The maximum atomic E-state index is 11.5. The number of carbonyl (C=O) groups is 3. The lowest BCUT2D eigenvalue weighted by molar-refractivity contribution is -0.146. The Morgan fingerprint density at radius 1 is 1.06 bits per heavy atom. The van der Waals surface area contributed by atoms with Crippen molar-refractivity contribution in [1.82, 2.24) is 0 Å². The van der Waals surface area contributed by atoms with E-state index in [1.54, 1.807) is 32.2 Å². The number of amides is 1. The van der Waals surface area contributed by atoms with E-state index in [1.165, 1.54) is 13.0 Å². The lowest BCUT2D eigenvalue weighted by Crippen LogP contribution is -2.28. The summed E-state index contributed by atoms with van der Waals surface area (Å²) in [5, 5.41) is 0. The first kappa shape index (κ1) is 36.2. The number of halogens is 1. The van der Waals surface area contributed by atoms with Gasteiger partial charge < -0.3 is 20.0 Å². The highest BCUT2D eigenvalue weighted by Crippen LogP contribution is 2.13. The molecule has 0 radical (unpaired) electrons. The molecule has 0 aliphatic carbocycles. The Bertz CT molecular complexity index is 830. The first-order valence-corrected chi connectivity index (χ1v) is 11.9. The third kappa shape index (κ3) is 18.1. The molecule has 0 saturated heterocycles. The highest BCUT2D eigenvalue weighted by Gasteiger charge is 2.17. The van der Waals surface area contributed by atoms with Crippen molar-refractivity contribution >= 4 is 27.8 Å². The summed E-state index contributed by atoms with van der Waals surface area (Å²) in [6.07, 6.45) is 4.36. The van der Waals surface area contributed by atoms with Gasteiger partial charge in [0, 0.05) is 26.6 Å². The Labute approximate surface area is 202 Å². The molecule has 0 saturated carbocycles. The van der Waals surface area contributed by atoms with Crippen molar-refractivity contribution in [2.75, 3.05) is 20.3 Å². The van der Waals surface area contributed by atoms with Gasteiger partial charge in [0.15, 0.2) is 0 Å². The van der Waals surface area contributed by atoms with Crippen molar-refractivity contribution in [3.05, 3.63) is 29.8 Å². The molecule has 1 amide bonds. The van der Waals surface area contributed by atoms with Crippen molar-refractivity contribution in [3.8, 4) is 0 Å². The van der Waals surface area contributed by atoms with Gasteiger partial charge in [-0.3, -0.25) is 18.8 Å². The highest BCUT2D eigenvalue weighted by atomic mass is 32.2. The Hall–Kier alpha value is -2.37. The number of unbranched alkanes of at least 4 members (excludes halogenated alkanes) is 2. The molecule has 1 aromatic carbocycles. The van der Waals surface area contributed by atoms with Gasteiger partial charge >= 0.3 is 5.97 Å². The van der Waals surface area contributed by atoms with E-state index in [-0.39, 0.29) is 35.4 Å². The molecule has 0 aliphatic rings. The summed E-state index contributed by atoms with van der Waals surface area (Å²) >= 11 is 0. The molecule has 0 aliphatic heterocycles. The normalized spacial score (nSPS) is 11.1. The first-order valence-electron chi connectivity index (χ1n) is 10.5. The predicted molar refractivity (Wildman–Crippen MR) is 129 cm³/mol. The maximum Gasteiger partial charge on any atom is 0.305 e. The molecule has 34 heavy (non-hydrogen) atoms. The number of benzene rings is 1. The fourth-order valence-corrected chi connectivity index (χ4v) is 3.43. The second-order valence-electron chi connectivity index (χ2n) is 7.42. The maximum absolute atomic E-state index is 11.5. The van der Waals surface area contributed by atoms with E-state index in [2.05, 4.69) is 0 Å². The van der Waals surface area contributed by atoms with Crippen LogP contribution in [-0.2, 0) is 34.0 Å². The molecule has 198 valence electrons. The number of carbonyl (C=O) groups excluding carboxylic acids is 3. The van der Waals surface area contributed by atoms with E-state index in [4.69, 9.17) is 19.8 Å². The molecule has 1 unspecified atom stereocenters. The van der Waals surface area contributed by atoms with Crippen LogP contribution >= 0.6 is 0 Å². The van der Waals surface area contributed by atoms with Gasteiger partial charge in [0.2, 0.25) is 5.91 Å². The summed E-state index contributed by atoms with van der Waals surface area (Å²) in [7, 11) is -2.39. The van der Waals surface area contributed by atoms with Crippen molar-refractivity contribution < 1.29 is 41.5 Å². The molecule has 3 N–H and O–H groups in total. The Kier molecular flexibility index (Phi) is 21.3. The second-order valence-corrected chi connectivity index (χ2v) is 8.81.